The van der Waals surface area contributed by atoms with Gasteiger partial charge in [-0.3, -0.25) is 4.98 Å². The number of nitrogens with zero attached hydrogens (tertiary/aromatic N) is 4. The molecule has 0 aliphatic carbocycles. The standard InChI is InChI=1S/C33H24N4/c1-22-12-13-24-8-6-7-11-27(24)28(22)20-32-23(2)33-29-21-35-37(26-9-4-3-5-10-26)30(29)14-15-31(33)36(32)25-16-18-34-19-17-25/h3-21H,2H2,1H3/b32-20+. The molecule has 0 unspecified atom stereocenters. The molecule has 0 radical (unpaired) electrons. The van der Waals surface area contributed by atoms with E-state index in [-0.39, 0.29) is 0 Å². The van der Waals surface area contributed by atoms with Crippen LogP contribution in [-0.4, -0.2) is 19.3 Å². The maximum Gasteiger partial charge on any atom is 0.0748 e. The Kier molecular flexibility index (Phi) is 4.79. The minimum absolute atomic E-state index is 0.984. The van der Waals surface area contributed by atoms with Crippen LogP contribution in [0.5, 0.6) is 0 Å². The van der Waals surface area contributed by atoms with E-state index in [2.05, 4.69) is 89.8 Å². The Bertz CT molecular complexity index is 2050. The van der Waals surface area contributed by atoms with Crippen molar-refractivity contribution < 1.29 is 0 Å². The quantitative estimate of drug-likeness (QED) is 0.311. The summed E-state index contributed by atoms with van der Waals surface area (Å²) in [4.78, 5) is 4.26. The molecule has 3 aromatic heterocycles. The SMILES string of the molecule is C=c1/c(=C\c2c(C)ccc3ccccc23)n(-c2ccncc2)c2ccc3c(cnn3-c3ccccc3)c12. The summed E-state index contributed by atoms with van der Waals surface area (Å²) < 4.78 is 4.29. The van der Waals surface area contributed by atoms with Crippen molar-refractivity contribution in [3.8, 4) is 11.4 Å². The zero-order chi connectivity index (χ0) is 24.9. The van der Waals surface area contributed by atoms with Gasteiger partial charge in [0.05, 0.1) is 28.3 Å². The third kappa shape index (κ3) is 3.30. The number of hydrogen-bond acceptors (Lipinski definition) is 2. The van der Waals surface area contributed by atoms with Gasteiger partial charge in [-0.25, -0.2) is 4.68 Å². The zero-order valence-corrected chi connectivity index (χ0v) is 20.5. The first-order valence-electron chi connectivity index (χ1n) is 12.4. The highest BCUT2D eigenvalue weighted by molar-refractivity contribution is 6.07. The molecule has 176 valence electrons. The van der Waals surface area contributed by atoms with Gasteiger partial charge in [-0.15, -0.1) is 0 Å². The normalized spacial score (nSPS) is 12.2. The number of benzene rings is 4. The highest BCUT2D eigenvalue weighted by Gasteiger charge is 2.15. The van der Waals surface area contributed by atoms with Crippen LogP contribution in [0.25, 0.3) is 56.6 Å². The first kappa shape index (κ1) is 21.3. The molecular weight excluding hydrogens is 452 g/mol. The van der Waals surface area contributed by atoms with Crippen LogP contribution in [-0.2, 0) is 0 Å². The highest BCUT2D eigenvalue weighted by atomic mass is 15.3. The van der Waals surface area contributed by atoms with Gasteiger partial charge in [-0.2, -0.15) is 5.10 Å². The van der Waals surface area contributed by atoms with Crippen LogP contribution in [0.1, 0.15) is 11.1 Å². The molecule has 4 nitrogen and oxygen atoms in total. The van der Waals surface area contributed by atoms with Gasteiger partial charge in [0.15, 0.2) is 0 Å². The lowest BCUT2D eigenvalue weighted by atomic mass is 9.99. The fraction of sp³-hybridized carbons (Fsp3) is 0.0303. The van der Waals surface area contributed by atoms with Crippen molar-refractivity contribution >= 4 is 45.2 Å². The lowest BCUT2D eigenvalue weighted by Crippen LogP contribution is -2.27. The Balaban J connectivity index is 1.62. The molecule has 0 aliphatic rings. The molecule has 0 saturated carbocycles. The van der Waals surface area contributed by atoms with Crippen molar-refractivity contribution in [3.05, 3.63) is 131 Å². The fourth-order valence-corrected chi connectivity index (χ4v) is 5.42. The summed E-state index contributed by atoms with van der Waals surface area (Å²) in [5.41, 5.74) is 6.68. The number of fused-ring (bicyclic) bond motifs is 4. The average molecular weight is 477 g/mol. The average Bonchev–Trinajstić information content (AvgIpc) is 3.50. The first-order valence-corrected chi connectivity index (χ1v) is 12.4. The van der Waals surface area contributed by atoms with Crippen LogP contribution in [0, 0.1) is 6.92 Å². The van der Waals surface area contributed by atoms with Gasteiger partial charge in [0, 0.05) is 34.1 Å². The number of pyridine rings is 1. The topological polar surface area (TPSA) is 35.6 Å². The van der Waals surface area contributed by atoms with Crippen molar-refractivity contribution in [2.75, 3.05) is 0 Å². The van der Waals surface area contributed by atoms with Crippen LogP contribution in [0.3, 0.4) is 0 Å². The van der Waals surface area contributed by atoms with E-state index in [1.165, 1.54) is 21.9 Å². The molecule has 4 aromatic carbocycles. The second kappa shape index (κ2) is 8.32. The van der Waals surface area contributed by atoms with E-state index >= 15 is 0 Å². The third-order valence-corrected chi connectivity index (χ3v) is 7.22. The highest BCUT2D eigenvalue weighted by Crippen LogP contribution is 2.27. The lowest BCUT2D eigenvalue weighted by Gasteiger charge is -2.09. The third-order valence-electron chi connectivity index (χ3n) is 7.22. The van der Waals surface area contributed by atoms with Gasteiger partial charge in [-0.05, 0) is 71.3 Å². The zero-order valence-electron chi connectivity index (χ0n) is 20.5. The second-order valence-electron chi connectivity index (χ2n) is 9.35. The molecule has 0 atom stereocenters. The van der Waals surface area contributed by atoms with Crippen LogP contribution < -0.4 is 10.6 Å². The number of para-hydroxylation sites is 1. The van der Waals surface area contributed by atoms with Crippen LogP contribution in [0.2, 0.25) is 0 Å². The molecule has 0 fully saturated rings. The second-order valence-corrected chi connectivity index (χ2v) is 9.35. The van der Waals surface area contributed by atoms with E-state index in [9.17, 15) is 0 Å². The summed E-state index contributed by atoms with van der Waals surface area (Å²) in [6.45, 7) is 6.80. The van der Waals surface area contributed by atoms with E-state index < -0.39 is 0 Å². The molecule has 0 amide bonds. The minimum Gasteiger partial charge on any atom is -0.309 e. The summed E-state index contributed by atoms with van der Waals surface area (Å²) in [6, 6.07) is 31.6. The van der Waals surface area contributed by atoms with Gasteiger partial charge in [0.25, 0.3) is 0 Å². The van der Waals surface area contributed by atoms with Gasteiger partial charge in [-0.1, -0.05) is 61.2 Å². The molecule has 37 heavy (non-hydrogen) atoms. The van der Waals surface area contributed by atoms with E-state index in [0.717, 1.165) is 43.7 Å². The Morgan fingerprint density at radius 2 is 1.49 bits per heavy atom. The predicted octanol–water partition coefficient (Wildman–Crippen LogP) is 6.07. The maximum absolute atomic E-state index is 4.77. The lowest BCUT2D eigenvalue weighted by molar-refractivity contribution is 0.911. The molecule has 4 heteroatoms. The minimum atomic E-state index is 0.984. The largest absolute Gasteiger partial charge is 0.309 e. The van der Waals surface area contributed by atoms with Crippen molar-refractivity contribution in [3.63, 3.8) is 0 Å². The molecule has 3 heterocycles. The fourth-order valence-electron chi connectivity index (χ4n) is 5.42. The molecule has 0 N–H and O–H groups in total. The summed E-state index contributed by atoms with van der Waals surface area (Å²) in [5, 5.41) is 11.5. The van der Waals surface area contributed by atoms with E-state index in [1.54, 1.807) is 0 Å². The molecule has 7 aromatic rings. The molecule has 7 rings (SSSR count). The smallest absolute Gasteiger partial charge is 0.0748 e. The number of rotatable bonds is 3. The van der Waals surface area contributed by atoms with Gasteiger partial charge in [0.1, 0.15) is 0 Å². The monoisotopic (exact) mass is 476 g/mol. The molecular formula is C33H24N4. The van der Waals surface area contributed by atoms with E-state index in [1.807, 2.05) is 53.6 Å². The number of aryl methyl sites for hydroxylation is 1. The predicted molar refractivity (Wildman–Crippen MR) is 153 cm³/mol. The molecule has 0 bridgehead atoms. The van der Waals surface area contributed by atoms with Crippen LogP contribution in [0.15, 0.2) is 110 Å². The van der Waals surface area contributed by atoms with Crippen molar-refractivity contribution in [1.82, 2.24) is 19.3 Å². The van der Waals surface area contributed by atoms with Crippen LogP contribution >= 0.6 is 0 Å². The van der Waals surface area contributed by atoms with Crippen molar-refractivity contribution in [2.24, 2.45) is 0 Å². The molecule has 0 saturated heterocycles. The van der Waals surface area contributed by atoms with Crippen molar-refractivity contribution in [1.29, 1.82) is 0 Å². The van der Waals surface area contributed by atoms with Crippen molar-refractivity contribution in [2.45, 2.75) is 6.92 Å². The first-order chi connectivity index (χ1) is 18.2. The number of hydrogen-bond donors (Lipinski definition) is 0. The number of aromatic nitrogens is 4. The Hall–Kier alpha value is -4.96. The van der Waals surface area contributed by atoms with Gasteiger partial charge in [0.2, 0.25) is 0 Å². The summed E-state index contributed by atoms with van der Waals surface area (Å²) >= 11 is 0. The molecule has 0 spiro atoms. The van der Waals surface area contributed by atoms with E-state index in [4.69, 9.17) is 5.10 Å². The Morgan fingerprint density at radius 1 is 0.730 bits per heavy atom. The maximum atomic E-state index is 4.77. The van der Waals surface area contributed by atoms with Gasteiger partial charge < -0.3 is 4.57 Å². The summed E-state index contributed by atoms with van der Waals surface area (Å²) in [7, 11) is 0. The Labute approximate surface area is 214 Å². The molecule has 0 aliphatic heterocycles. The van der Waals surface area contributed by atoms with E-state index in [0.29, 0.717) is 0 Å². The van der Waals surface area contributed by atoms with Gasteiger partial charge >= 0.3 is 0 Å². The Morgan fingerprint density at radius 3 is 2.32 bits per heavy atom. The van der Waals surface area contributed by atoms with Crippen LogP contribution in [0.4, 0.5) is 0 Å². The summed E-state index contributed by atoms with van der Waals surface area (Å²) in [6.07, 6.45) is 7.92. The summed E-state index contributed by atoms with van der Waals surface area (Å²) in [5.74, 6) is 0.